The van der Waals surface area contributed by atoms with Crippen LogP contribution in [-0.4, -0.2) is 14.5 Å². The third kappa shape index (κ3) is 0.605. The van der Waals surface area contributed by atoms with E-state index >= 15 is 0 Å². The maximum absolute atomic E-state index is 9.65. The van der Waals surface area contributed by atoms with Gasteiger partial charge in [-0.15, -0.1) is 3.35 Å². The molecule has 0 aliphatic rings. The maximum Gasteiger partial charge on any atom is 0.436 e. The molecule has 0 saturated heterocycles. The highest BCUT2D eigenvalue weighted by Gasteiger charge is 2.03. The van der Waals surface area contributed by atoms with Crippen LogP contribution in [0, 0.1) is 0 Å². The molecule has 5 heteroatoms. The standard InChI is InChI=1S/CHNO2S2/c3-1(4)2-5-6-2/h(H,3,4). The number of carbonyl (C=O) groups is 1. The van der Waals surface area contributed by atoms with E-state index in [0.717, 1.165) is 0 Å². The first-order valence-electron chi connectivity index (χ1n) is 1.18. The largest absolute Gasteiger partial charge is 0.463 e. The zero-order chi connectivity index (χ0) is 4.57. The highest BCUT2D eigenvalue weighted by Crippen LogP contribution is 2.15. The summed E-state index contributed by atoms with van der Waals surface area (Å²) in [5.74, 6) is 0. The highest BCUT2D eigenvalue weighted by molar-refractivity contribution is 7.77. The Kier molecular flexibility index (Phi) is 0.706. The second-order valence-corrected chi connectivity index (χ2v) is 2.84. The number of rotatable bonds is 0. The van der Waals surface area contributed by atoms with Crippen LogP contribution in [0.2, 0.25) is 0 Å². The fourth-order valence-corrected chi connectivity index (χ4v) is 0.724. The van der Waals surface area contributed by atoms with Gasteiger partial charge in [0.15, 0.2) is 0 Å². The molecule has 0 fully saturated rings. The Bertz CT molecular complexity index is 129. The van der Waals surface area contributed by atoms with Crippen molar-refractivity contribution in [3.63, 3.8) is 0 Å². The fraction of sp³-hybridized carbons (Fsp3) is 0. The lowest BCUT2D eigenvalue weighted by Crippen LogP contribution is -1.93. The lowest BCUT2D eigenvalue weighted by Gasteiger charge is -1.69. The summed E-state index contributed by atoms with van der Waals surface area (Å²) in [5.41, 5.74) is 0. The molecule has 1 heterocycles. The van der Waals surface area contributed by atoms with Crippen LogP contribution in [-0.2, 0) is 0 Å². The second kappa shape index (κ2) is 1.09. The summed E-state index contributed by atoms with van der Waals surface area (Å²) in [5, 5.41) is 7.94. The van der Waals surface area contributed by atoms with Gasteiger partial charge in [-0.1, -0.05) is 0 Å². The number of nitrogens with zero attached hydrogens (tertiary/aromatic N) is 1. The van der Waals surface area contributed by atoms with Crippen molar-refractivity contribution >= 4 is 27.2 Å². The second-order valence-electron chi connectivity index (χ2n) is 0.689. The molecule has 3 nitrogen and oxygen atoms in total. The van der Waals surface area contributed by atoms with E-state index in [-0.39, 0.29) is 0 Å². The smallest absolute Gasteiger partial charge is 0.436 e. The van der Waals surface area contributed by atoms with Crippen LogP contribution >= 0.6 is 21.1 Å². The molecule has 1 aromatic rings. The number of hydrogen-bond donors (Lipinski definition) is 1. The molecule has 1 aromatic heterocycles. The minimum atomic E-state index is -0.870. The predicted octanol–water partition coefficient (Wildman–Crippen LogP) is 1.14. The topological polar surface area (TPSA) is 42.2 Å². The van der Waals surface area contributed by atoms with Crippen LogP contribution in [0.5, 0.6) is 0 Å². The number of hydrogen-bond acceptors (Lipinski definition) is 3. The molecule has 0 spiro atoms. The molecule has 6 heavy (non-hydrogen) atoms. The third-order valence-corrected chi connectivity index (χ3v) is 1.81. The van der Waals surface area contributed by atoms with Gasteiger partial charge < -0.3 is 5.11 Å². The lowest BCUT2D eigenvalue weighted by molar-refractivity contribution is 0.201. The molecule has 0 aromatic carbocycles. The van der Waals surface area contributed by atoms with Crippen LogP contribution < -0.4 is 0 Å². The van der Waals surface area contributed by atoms with Gasteiger partial charge in [0, 0.05) is 21.1 Å². The minimum absolute atomic E-state index is 0.870. The van der Waals surface area contributed by atoms with Gasteiger partial charge in [-0.2, -0.15) is 0 Å². The Morgan fingerprint density at radius 3 is 2.17 bits per heavy atom. The quantitative estimate of drug-likeness (QED) is 0.525. The Hall–Kier alpha value is -0.290. The maximum atomic E-state index is 9.65. The number of aromatic nitrogens is 1. The molecule has 0 bridgehead atoms. The zero-order valence-electron chi connectivity index (χ0n) is 2.62. The van der Waals surface area contributed by atoms with Crippen molar-refractivity contribution in [2.45, 2.75) is 0 Å². The van der Waals surface area contributed by atoms with E-state index in [1.54, 1.807) is 0 Å². The van der Waals surface area contributed by atoms with Gasteiger partial charge in [-0.25, -0.2) is 4.79 Å². The monoisotopic (exact) mass is 123 g/mol. The average molecular weight is 123 g/mol. The molecule has 1 rings (SSSR count). The molecule has 0 radical (unpaired) electrons. The average Bonchev–Trinajstić information content (AvgIpc) is 2.06. The normalized spacial score (nSPS) is 9.33. The molecule has 0 atom stereocenters. The van der Waals surface area contributed by atoms with E-state index in [9.17, 15) is 4.79 Å². The van der Waals surface area contributed by atoms with Crippen LogP contribution in [0.3, 0.4) is 0 Å². The van der Waals surface area contributed by atoms with Crippen molar-refractivity contribution in [2.75, 3.05) is 0 Å². The summed E-state index contributed by atoms with van der Waals surface area (Å²) in [6.07, 6.45) is -0.870. The van der Waals surface area contributed by atoms with Gasteiger partial charge >= 0.3 is 6.09 Å². The van der Waals surface area contributed by atoms with E-state index in [4.69, 9.17) is 5.11 Å². The van der Waals surface area contributed by atoms with Gasteiger partial charge in [0.1, 0.15) is 0 Å². The molecular weight excluding hydrogens is 122 g/mol. The summed E-state index contributed by atoms with van der Waals surface area (Å²) in [7, 11) is 2.45. The molecule has 1 N–H and O–H groups in total. The Morgan fingerprint density at radius 2 is 2.17 bits per heavy atom. The molecular formula is CHNO2S2. The first kappa shape index (κ1) is 3.89. The first-order valence-corrected chi connectivity index (χ1v) is 3.25. The lowest BCUT2D eigenvalue weighted by atomic mass is 11.3. The van der Waals surface area contributed by atoms with Gasteiger partial charge in [-0.3, -0.25) is 0 Å². The molecule has 0 saturated carbocycles. The fourth-order valence-electron chi connectivity index (χ4n) is 0.0804. The zero-order valence-corrected chi connectivity index (χ0v) is 4.25. The van der Waals surface area contributed by atoms with Crippen LogP contribution in [0.4, 0.5) is 4.79 Å². The Balaban J connectivity index is 2.62. The van der Waals surface area contributed by atoms with E-state index in [1.807, 2.05) is 0 Å². The van der Waals surface area contributed by atoms with Crippen LogP contribution in [0.15, 0.2) is 0 Å². The van der Waals surface area contributed by atoms with Gasteiger partial charge in [0.25, 0.3) is 0 Å². The van der Waals surface area contributed by atoms with E-state index in [1.165, 1.54) is 24.4 Å². The van der Waals surface area contributed by atoms with Crippen molar-refractivity contribution < 1.29 is 9.90 Å². The van der Waals surface area contributed by atoms with Crippen molar-refractivity contribution in [3.05, 3.63) is 0 Å². The Labute approximate surface area is 41.1 Å². The van der Waals surface area contributed by atoms with E-state index in [2.05, 4.69) is 0 Å². The van der Waals surface area contributed by atoms with E-state index < -0.39 is 6.09 Å². The molecule has 0 aliphatic heterocycles. The molecule has 0 unspecified atom stereocenters. The van der Waals surface area contributed by atoms with Crippen LogP contribution in [0.25, 0.3) is 0 Å². The van der Waals surface area contributed by atoms with Crippen molar-refractivity contribution in [1.82, 2.24) is 3.35 Å². The Morgan fingerprint density at radius 1 is 1.67 bits per heavy atom. The summed E-state index contributed by atoms with van der Waals surface area (Å²) in [6.45, 7) is 0. The summed E-state index contributed by atoms with van der Waals surface area (Å²) < 4.78 is 1.17. The van der Waals surface area contributed by atoms with Crippen molar-refractivity contribution in [2.24, 2.45) is 0 Å². The SMILES string of the molecule is O=C(O)n1ss1. The molecule has 0 amide bonds. The molecule has 0 aliphatic carbocycles. The number of carboxylic acid groups (broad SMARTS) is 1. The first-order chi connectivity index (χ1) is 2.80. The summed E-state index contributed by atoms with van der Waals surface area (Å²) in [6, 6.07) is 0. The predicted molar refractivity (Wildman–Crippen MR) is 23.6 cm³/mol. The van der Waals surface area contributed by atoms with Gasteiger partial charge in [0.05, 0.1) is 0 Å². The molecule has 34 valence electrons. The van der Waals surface area contributed by atoms with E-state index in [0.29, 0.717) is 0 Å². The van der Waals surface area contributed by atoms with Gasteiger partial charge in [0.2, 0.25) is 0 Å². The minimum Gasteiger partial charge on any atom is -0.463 e. The van der Waals surface area contributed by atoms with Crippen molar-refractivity contribution in [3.8, 4) is 0 Å². The summed E-state index contributed by atoms with van der Waals surface area (Å²) in [4.78, 5) is 9.65. The summed E-state index contributed by atoms with van der Waals surface area (Å²) >= 11 is 0. The third-order valence-electron chi connectivity index (χ3n) is 0.305. The van der Waals surface area contributed by atoms with Crippen LogP contribution in [0.1, 0.15) is 0 Å². The highest BCUT2D eigenvalue weighted by atomic mass is 33.0. The van der Waals surface area contributed by atoms with Crippen molar-refractivity contribution in [1.29, 1.82) is 0 Å². The van der Waals surface area contributed by atoms with Gasteiger partial charge in [-0.05, 0) is 0 Å².